The number of nitrogens with zero attached hydrogens (tertiary/aromatic N) is 1. The Hall–Kier alpha value is -0.650. The van der Waals surface area contributed by atoms with Gasteiger partial charge in [-0.15, -0.1) is 0 Å². The van der Waals surface area contributed by atoms with E-state index in [0.29, 0.717) is 26.1 Å². The lowest BCUT2D eigenvalue weighted by Crippen LogP contribution is -2.33. The van der Waals surface area contributed by atoms with Crippen molar-refractivity contribution < 1.29 is 15.0 Å². The Morgan fingerprint density at radius 3 is 2.40 bits per heavy atom. The second-order valence-corrected chi connectivity index (χ2v) is 4.37. The lowest BCUT2D eigenvalue weighted by atomic mass is 10.3. The Morgan fingerprint density at radius 2 is 1.93 bits per heavy atom. The fourth-order valence-electron chi connectivity index (χ4n) is 1.68. The molecule has 5 nitrogen and oxygen atoms in total. The topological polar surface area (TPSA) is 72.8 Å². The van der Waals surface area contributed by atoms with Gasteiger partial charge in [0, 0.05) is 32.1 Å². The van der Waals surface area contributed by atoms with Crippen molar-refractivity contribution in [3.8, 4) is 0 Å². The van der Waals surface area contributed by atoms with Crippen molar-refractivity contribution in [1.29, 1.82) is 0 Å². The van der Waals surface area contributed by atoms with Gasteiger partial charge in [0.05, 0.1) is 12.2 Å². The highest BCUT2D eigenvalue weighted by atomic mass is 16.3. The van der Waals surface area contributed by atoms with Crippen LogP contribution >= 0.6 is 0 Å². The standard InChI is InChI=1S/C10H20N2O3/c1-7(2)11-10(15)3-4-12-5-8(13)9(14)6-12/h7-9,13-14H,3-6H2,1-2H3,(H,11,15). The second-order valence-electron chi connectivity index (χ2n) is 4.37. The Labute approximate surface area is 90.1 Å². The number of β-amino-alcohol motifs (C(OH)–C–C–N with tert-alkyl or cyclic N) is 2. The average Bonchev–Trinajstić information content (AvgIpc) is 2.42. The normalized spacial score (nSPS) is 27.3. The molecule has 1 rings (SSSR count). The quantitative estimate of drug-likeness (QED) is 0.560. The first-order chi connectivity index (χ1) is 6.99. The Bertz CT molecular complexity index is 211. The summed E-state index contributed by atoms with van der Waals surface area (Å²) < 4.78 is 0. The van der Waals surface area contributed by atoms with Crippen molar-refractivity contribution in [2.24, 2.45) is 0 Å². The van der Waals surface area contributed by atoms with Crippen LogP contribution in [0.5, 0.6) is 0 Å². The molecule has 1 amide bonds. The third-order valence-electron chi connectivity index (χ3n) is 2.44. The molecule has 0 saturated carbocycles. The van der Waals surface area contributed by atoms with Crippen molar-refractivity contribution in [1.82, 2.24) is 10.2 Å². The maximum Gasteiger partial charge on any atom is 0.221 e. The van der Waals surface area contributed by atoms with Gasteiger partial charge in [-0.2, -0.15) is 0 Å². The van der Waals surface area contributed by atoms with E-state index in [4.69, 9.17) is 0 Å². The van der Waals surface area contributed by atoms with Gasteiger partial charge in [-0.3, -0.25) is 9.69 Å². The Kier molecular flexibility index (Phi) is 4.50. The molecule has 15 heavy (non-hydrogen) atoms. The van der Waals surface area contributed by atoms with E-state index in [-0.39, 0.29) is 11.9 Å². The molecule has 0 aromatic heterocycles. The summed E-state index contributed by atoms with van der Waals surface area (Å²) >= 11 is 0. The zero-order valence-corrected chi connectivity index (χ0v) is 9.31. The number of carbonyl (C=O) groups is 1. The molecule has 2 atom stereocenters. The van der Waals surface area contributed by atoms with Gasteiger partial charge in [-0.1, -0.05) is 0 Å². The maximum atomic E-state index is 11.3. The molecule has 2 unspecified atom stereocenters. The van der Waals surface area contributed by atoms with Crippen molar-refractivity contribution in [2.75, 3.05) is 19.6 Å². The summed E-state index contributed by atoms with van der Waals surface area (Å²) in [5.74, 6) is 0.0147. The number of rotatable bonds is 4. The predicted molar refractivity (Wildman–Crippen MR) is 56.3 cm³/mol. The van der Waals surface area contributed by atoms with E-state index in [9.17, 15) is 15.0 Å². The minimum absolute atomic E-state index is 0.0147. The van der Waals surface area contributed by atoms with Crippen LogP contribution in [0.4, 0.5) is 0 Å². The Balaban J connectivity index is 2.18. The molecule has 0 spiro atoms. The summed E-state index contributed by atoms with van der Waals surface area (Å²) in [7, 11) is 0. The first kappa shape index (κ1) is 12.4. The van der Waals surface area contributed by atoms with E-state index in [2.05, 4.69) is 5.32 Å². The van der Waals surface area contributed by atoms with E-state index in [0.717, 1.165) is 0 Å². The number of hydrogen-bond donors (Lipinski definition) is 3. The van der Waals surface area contributed by atoms with Gasteiger partial charge in [0.2, 0.25) is 5.91 Å². The highest BCUT2D eigenvalue weighted by Gasteiger charge is 2.29. The van der Waals surface area contributed by atoms with Crippen LogP contribution in [0, 0.1) is 0 Å². The van der Waals surface area contributed by atoms with Crippen LogP contribution in [-0.2, 0) is 4.79 Å². The molecule has 0 aromatic rings. The number of nitrogens with one attached hydrogen (secondary N) is 1. The minimum Gasteiger partial charge on any atom is -0.389 e. The van der Waals surface area contributed by atoms with E-state index in [1.807, 2.05) is 18.7 Å². The molecule has 3 N–H and O–H groups in total. The number of carbonyl (C=O) groups excluding carboxylic acids is 1. The number of likely N-dealkylation sites (tertiary alicyclic amines) is 1. The molecule has 5 heteroatoms. The van der Waals surface area contributed by atoms with Crippen LogP contribution in [0.2, 0.25) is 0 Å². The van der Waals surface area contributed by atoms with Crippen LogP contribution in [0.3, 0.4) is 0 Å². The zero-order chi connectivity index (χ0) is 11.4. The molecule has 1 heterocycles. The van der Waals surface area contributed by atoms with E-state index in [1.165, 1.54) is 0 Å². The van der Waals surface area contributed by atoms with Gasteiger partial charge in [0.1, 0.15) is 0 Å². The lowest BCUT2D eigenvalue weighted by molar-refractivity contribution is -0.121. The molecule has 0 radical (unpaired) electrons. The molecule has 0 bridgehead atoms. The first-order valence-corrected chi connectivity index (χ1v) is 5.37. The Morgan fingerprint density at radius 1 is 1.40 bits per heavy atom. The number of aliphatic hydroxyl groups excluding tert-OH is 2. The minimum atomic E-state index is -0.668. The maximum absolute atomic E-state index is 11.3. The van der Waals surface area contributed by atoms with Crippen LogP contribution in [0.25, 0.3) is 0 Å². The molecule has 88 valence electrons. The summed E-state index contributed by atoms with van der Waals surface area (Å²) in [5.41, 5.74) is 0. The summed E-state index contributed by atoms with van der Waals surface area (Å²) in [5, 5.41) is 21.4. The monoisotopic (exact) mass is 216 g/mol. The molecular weight excluding hydrogens is 196 g/mol. The van der Waals surface area contributed by atoms with Crippen LogP contribution < -0.4 is 5.32 Å². The third-order valence-corrected chi connectivity index (χ3v) is 2.44. The second kappa shape index (κ2) is 5.44. The SMILES string of the molecule is CC(C)NC(=O)CCN1CC(O)C(O)C1. The number of amides is 1. The third kappa shape index (κ3) is 4.15. The lowest BCUT2D eigenvalue weighted by Gasteiger charge is -2.15. The van der Waals surface area contributed by atoms with Gasteiger partial charge in [0.15, 0.2) is 0 Å². The van der Waals surface area contributed by atoms with Crippen molar-refractivity contribution in [3.05, 3.63) is 0 Å². The van der Waals surface area contributed by atoms with Crippen molar-refractivity contribution in [2.45, 2.75) is 38.5 Å². The van der Waals surface area contributed by atoms with Gasteiger partial charge in [-0.05, 0) is 13.8 Å². The number of hydrogen-bond acceptors (Lipinski definition) is 4. The average molecular weight is 216 g/mol. The molecule has 0 aromatic carbocycles. The van der Waals surface area contributed by atoms with Gasteiger partial charge >= 0.3 is 0 Å². The summed E-state index contributed by atoms with van der Waals surface area (Å²) in [6, 6.07) is 0.159. The first-order valence-electron chi connectivity index (χ1n) is 5.37. The molecular formula is C10H20N2O3. The largest absolute Gasteiger partial charge is 0.389 e. The molecule has 0 aliphatic carbocycles. The molecule has 1 saturated heterocycles. The fraction of sp³-hybridized carbons (Fsp3) is 0.900. The fourth-order valence-corrected chi connectivity index (χ4v) is 1.68. The zero-order valence-electron chi connectivity index (χ0n) is 9.31. The van der Waals surface area contributed by atoms with Crippen molar-refractivity contribution >= 4 is 5.91 Å². The smallest absolute Gasteiger partial charge is 0.221 e. The van der Waals surface area contributed by atoms with E-state index >= 15 is 0 Å². The highest BCUT2D eigenvalue weighted by molar-refractivity contribution is 5.76. The van der Waals surface area contributed by atoms with Crippen LogP contribution in [-0.4, -0.2) is 58.9 Å². The van der Waals surface area contributed by atoms with Crippen LogP contribution in [0.1, 0.15) is 20.3 Å². The van der Waals surface area contributed by atoms with Gasteiger partial charge in [0.25, 0.3) is 0 Å². The van der Waals surface area contributed by atoms with Gasteiger partial charge in [-0.25, -0.2) is 0 Å². The van der Waals surface area contributed by atoms with Crippen LogP contribution in [0.15, 0.2) is 0 Å². The van der Waals surface area contributed by atoms with E-state index in [1.54, 1.807) is 0 Å². The number of aliphatic hydroxyl groups is 2. The highest BCUT2D eigenvalue weighted by Crippen LogP contribution is 2.09. The summed E-state index contributed by atoms with van der Waals surface area (Å²) in [6.07, 6.45) is -0.922. The predicted octanol–water partition coefficient (Wildman–Crippen LogP) is -1.06. The molecule has 1 aliphatic rings. The molecule has 1 fully saturated rings. The molecule has 1 aliphatic heterocycles. The van der Waals surface area contributed by atoms with Crippen molar-refractivity contribution in [3.63, 3.8) is 0 Å². The summed E-state index contributed by atoms with van der Waals surface area (Å²) in [6.45, 7) is 5.33. The van der Waals surface area contributed by atoms with Gasteiger partial charge < -0.3 is 15.5 Å². The van der Waals surface area contributed by atoms with E-state index < -0.39 is 12.2 Å². The summed E-state index contributed by atoms with van der Waals surface area (Å²) in [4.78, 5) is 13.2.